The van der Waals surface area contributed by atoms with Crippen molar-refractivity contribution in [2.75, 3.05) is 26.4 Å². The topological polar surface area (TPSA) is 54.0 Å². The largest absolute Gasteiger partial charge is 0.347 e. The molecule has 4 atom stereocenters. The highest BCUT2D eigenvalue weighted by atomic mass is 16.7. The van der Waals surface area contributed by atoms with Gasteiger partial charge in [-0.05, 0) is 31.6 Å². The molecule has 4 saturated carbocycles. The molecule has 0 aromatic rings. The molecule has 0 bridgehead atoms. The van der Waals surface area contributed by atoms with E-state index in [0.717, 1.165) is 38.5 Å². The second kappa shape index (κ2) is 4.53. The summed E-state index contributed by atoms with van der Waals surface area (Å²) in [5.41, 5.74) is 2.66. The van der Waals surface area contributed by atoms with Crippen molar-refractivity contribution in [3.63, 3.8) is 0 Å². The number of rotatable bonds is 0. The number of ketones is 1. The number of Topliss-reactive ketones (excluding diaryl/α,β-unsaturated/α-hetero) is 1. The maximum Gasteiger partial charge on any atom is 0.174 e. The van der Waals surface area contributed by atoms with Crippen molar-refractivity contribution in [2.45, 2.75) is 69.9 Å². The van der Waals surface area contributed by atoms with E-state index in [1.807, 2.05) is 0 Å². The smallest absolute Gasteiger partial charge is 0.174 e. The maximum absolute atomic E-state index is 13.5. The minimum absolute atomic E-state index is 0.0357. The Balaban J connectivity index is 1.37. The molecule has 27 heavy (non-hydrogen) atoms. The third kappa shape index (κ3) is 1.44. The number of fused-ring (bicyclic) bond motifs is 2. The van der Waals surface area contributed by atoms with Gasteiger partial charge in [-0.15, -0.1) is 0 Å². The number of hydrogen-bond acceptors (Lipinski definition) is 5. The normalized spacial score (nSPS) is 50.9. The molecule has 0 aromatic heterocycles. The molecule has 4 spiro atoms. The van der Waals surface area contributed by atoms with Gasteiger partial charge >= 0.3 is 0 Å². The number of ether oxygens (including phenoxy) is 4. The molecule has 2 saturated heterocycles. The minimum Gasteiger partial charge on any atom is -0.347 e. The molecule has 5 nitrogen and oxygen atoms in total. The zero-order valence-electron chi connectivity index (χ0n) is 16.1. The first-order valence-electron chi connectivity index (χ1n) is 10.8. The molecular weight excluding hydrogens is 344 g/mol. The molecule has 4 unspecified atom stereocenters. The van der Waals surface area contributed by atoms with Crippen LogP contribution in [0.2, 0.25) is 0 Å². The van der Waals surface area contributed by atoms with Gasteiger partial charge in [0.15, 0.2) is 17.4 Å². The first-order valence-corrected chi connectivity index (χ1v) is 10.8. The number of carbonyl (C=O) groups excluding carboxylic acids is 1. The van der Waals surface area contributed by atoms with E-state index in [2.05, 4.69) is 6.92 Å². The highest BCUT2D eigenvalue weighted by Gasteiger charge is 2.83. The molecule has 6 fully saturated rings. The van der Waals surface area contributed by atoms with Crippen LogP contribution in [-0.4, -0.2) is 43.8 Å². The van der Waals surface area contributed by atoms with E-state index < -0.39 is 11.6 Å². The summed E-state index contributed by atoms with van der Waals surface area (Å²) in [6.45, 7) is 5.02. The van der Waals surface area contributed by atoms with Gasteiger partial charge < -0.3 is 18.9 Å². The van der Waals surface area contributed by atoms with Crippen LogP contribution in [0.15, 0.2) is 11.1 Å². The SMILES string of the molecule is CC12CC(=O)C3=C4CCC5(CC46CCC36C1CCC21OCCO1)OCCO5. The van der Waals surface area contributed by atoms with Crippen LogP contribution in [0, 0.1) is 22.2 Å². The Morgan fingerprint density at radius 3 is 2.37 bits per heavy atom. The second-order valence-corrected chi connectivity index (χ2v) is 10.2. The van der Waals surface area contributed by atoms with Crippen molar-refractivity contribution in [3.8, 4) is 0 Å². The number of allylic oxidation sites excluding steroid dienone is 2. The van der Waals surface area contributed by atoms with Gasteiger partial charge in [0.05, 0.1) is 26.4 Å². The van der Waals surface area contributed by atoms with Gasteiger partial charge in [0.25, 0.3) is 0 Å². The van der Waals surface area contributed by atoms with Crippen LogP contribution in [-0.2, 0) is 23.7 Å². The van der Waals surface area contributed by atoms with Crippen molar-refractivity contribution in [1.29, 1.82) is 0 Å². The van der Waals surface area contributed by atoms with E-state index in [1.54, 1.807) is 0 Å². The summed E-state index contributed by atoms with van der Waals surface area (Å²) in [5, 5.41) is 0. The Bertz CT molecular complexity index is 789. The monoisotopic (exact) mass is 372 g/mol. The fourth-order valence-electron chi connectivity index (χ4n) is 8.95. The molecule has 5 aliphatic carbocycles. The van der Waals surface area contributed by atoms with Gasteiger partial charge in [0.2, 0.25) is 0 Å². The van der Waals surface area contributed by atoms with Crippen LogP contribution < -0.4 is 0 Å². The fourth-order valence-corrected chi connectivity index (χ4v) is 8.95. The third-order valence-electron chi connectivity index (χ3n) is 9.82. The summed E-state index contributed by atoms with van der Waals surface area (Å²) in [6, 6.07) is 0. The van der Waals surface area contributed by atoms with Crippen molar-refractivity contribution in [2.24, 2.45) is 22.2 Å². The lowest BCUT2D eigenvalue weighted by Crippen LogP contribution is -2.74. The zero-order valence-corrected chi connectivity index (χ0v) is 16.1. The van der Waals surface area contributed by atoms with Gasteiger partial charge in [-0.25, -0.2) is 0 Å². The predicted molar refractivity (Wildman–Crippen MR) is 94.7 cm³/mol. The standard InChI is InChI=1S/C22H28O5/c1-18-12-15(23)17-14-2-4-20(24-8-9-25-20)13-19(14)6-7-21(17,19)16(18)3-5-22(18)26-10-11-27-22/h16H,2-13H2,1H3. The molecule has 2 heterocycles. The molecule has 0 amide bonds. The van der Waals surface area contributed by atoms with Gasteiger partial charge in [-0.2, -0.15) is 0 Å². The summed E-state index contributed by atoms with van der Waals surface area (Å²) in [6.07, 6.45) is 7.80. The summed E-state index contributed by atoms with van der Waals surface area (Å²) >= 11 is 0. The lowest BCUT2D eigenvalue weighted by atomic mass is 9.26. The van der Waals surface area contributed by atoms with Crippen LogP contribution in [0.1, 0.15) is 58.3 Å². The first-order chi connectivity index (χ1) is 13.0. The summed E-state index contributed by atoms with van der Waals surface area (Å²) in [7, 11) is 0. The molecular formula is C22H28O5. The van der Waals surface area contributed by atoms with Crippen molar-refractivity contribution in [1.82, 2.24) is 0 Å². The molecule has 2 aliphatic heterocycles. The van der Waals surface area contributed by atoms with Crippen LogP contribution >= 0.6 is 0 Å². The molecule has 7 aliphatic rings. The minimum atomic E-state index is -0.535. The summed E-state index contributed by atoms with van der Waals surface area (Å²) in [4.78, 5) is 13.5. The number of carbonyl (C=O) groups is 1. The Morgan fingerprint density at radius 2 is 1.67 bits per heavy atom. The molecule has 0 aromatic carbocycles. The lowest BCUT2D eigenvalue weighted by molar-refractivity contribution is -0.279. The Morgan fingerprint density at radius 1 is 0.926 bits per heavy atom. The zero-order chi connectivity index (χ0) is 18.1. The molecule has 0 N–H and O–H groups in total. The van der Waals surface area contributed by atoms with Crippen LogP contribution in [0.4, 0.5) is 0 Å². The van der Waals surface area contributed by atoms with Gasteiger partial charge in [-0.3, -0.25) is 4.79 Å². The predicted octanol–water partition coefficient (Wildman–Crippen LogP) is 3.12. The van der Waals surface area contributed by atoms with Gasteiger partial charge in [0, 0.05) is 47.5 Å². The van der Waals surface area contributed by atoms with Crippen molar-refractivity contribution < 1.29 is 23.7 Å². The highest BCUT2D eigenvalue weighted by Crippen LogP contribution is 2.86. The van der Waals surface area contributed by atoms with E-state index in [-0.39, 0.29) is 16.2 Å². The Labute approximate surface area is 159 Å². The third-order valence-corrected chi connectivity index (χ3v) is 9.82. The van der Waals surface area contributed by atoms with Crippen LogP contribution in [0.5, 0.6) is 0 Å². The first kappa shape index (κ1) is 16.1. The highest BCUT2D eigenvalue weighted by molar-refractivity contribution is 6.02. The van der Waals surface area contributed by atoms with Gasteiger partial charge in [-0.1, -0.05) is 12.5 Å². The van der Waals surface area contributed by atoms with Gasteiger partial charge in [0.1, 0.15) is 0 Å². The molecule has 0 radical (unpaired) electrons. The van der Waals surface area contributed by atoms with E-state index in [0.29, 0.717) is 44.5 Å². The van der Waals surface area contributed by atoms with E-state index in [4.69, 9.17) is 18.9 Å². The molecule has 7 rings (SSSR count). The Hall–Kier alpha value is -0.750. The molecule has 146 valence electrons. The maximum atomic E-state index is 13.5. The second-order valence-electron chi connectivity index (χ2n) is 10.2. The van der Waals surface area contributed by atoms with E-state index >= 15 is 0 Å². The van der Waals surface area contributed by atoms with E-state index in [9.17, 15) is 4.79 Å². The lowest BCUT2D eigenvalue weighted by Gasteiger charge is -2.77. The Kier molecular flexibility index (Phi) is 2.70. The fraction of sp³-hybridized carbons (Fsp3) is 0.864. The van der Waals surface area contributed by atoms with Crippen molar-refractivity contribution in [3.05, 3.63) is 11.1 Å². The number of hydrogen-bond donors (Lipinski definition) is 0. The van der Waals surface area contributed by atoms with Crippen molar-refractivity contribution >= 4 is 5.78 Å². The van der Waals surface area contributed by atoms with Crippen LogP contribution in [0.25, 0.3) is 0 Å². The average Bonchev–Trinajstić information content (AvgIpc) is 3.36. The summed E-state index contributed by atoms with van der Waals surface area (Å²) < 4.78 is 24.7. The van der Waals surface area contributed by atoms with Crippen LogP contribution in [0.3, 0.4) is 0 Å². The molecule has 5 heteroatoms. The summed E-state index contributed by atoms with van der Waals surface area (Å²) in [5.74, 6) is -0.0726. The average molecular weight is 372 g/mol. The van der Waals surface area contributed by atoms with E-state index in [1.165, 1.54) is 17.6 Å². The quantitative estimate of drug-likeness (QED) is 0.654.